The van der Waals surface area contributed by atoms with Crippen molar-refractivity contribution in [1.29, 1.82) is 0 Å². The number of nitrogens with zero attached hydrogens (tertiary/aromatic N) is 1. The molecule has 0 saturated carbocycles. The van der Waals surface area contributed by atoms with Gasteiger partial charge in [-0.25, -0.2) is 0 Å². The van der Waals surface area contributed by atoms with E-state index in [-0.39, 0.29) is 5.91 Å². The van der Waals surface area contributed by atoms with Gasteiger partial charge in [0.1, 0.15) is 5.75 Å². The van der Waals surface area contributed by atoms with Gasteiger partial charge < -0.3 is 10.1 Å². The molecule has 0 unspecified atom stereocenters. The van der Waals surface area contributed by atoms with Crippen LogP contribution in [-0.4, -0.2) is 31.0 Å². The fraction of sp³-hybridized carbons (Fsp3) is 0.348. The van der Waals surface area contributed by atoms with E-state index in [4.69, 9.17) is 4.74 Å². The molecular weight excluding hydrogens is 336 g/mol. The van der Waals surface area contributed by atoms with Crippen LogP contribution in [0, 0.1) is 6.92 Å². The molecule has 2 aromatic rings. The van der Waals surface area contributed by atoms with Crippen molar-refractivity contribution in [2.24, 2.45) is 0 Å². The minimum absolute atomic E-state index is 0.111. The number of amides is 1. The molecular formula is C23H28N2O2. The first kappa shape index (κ1) is 19.2. The second kappa shape index (κ2) is 9.38. The summed E-state index contributed by atoms with van der Waals surface area (Å²) in [5.74, 6) is 0.651. The van der Waals surface area contributed by atoms with E-state index < -0.39 is 0 Å². The summed E-state index contributed by atoms with van der Waals surface area (Å²) in [4.78, 5) is 14.6. The zero-order valence-corrected chi connectivity index (χ0v) is 16.2. The highest BCUT2D eigenvalue weighted by Gasteiger charge is 2.11. The molecule has 4 nitrogen and oxygen atoms in total. The first-order chi connectivity index (χ1) is 13.1. The number of ether oxygens (including phenoxy) is 1. The second-order valence-electron chi connectivity index (χ2n) is 7.10. The third-order valence-electron chi connectivity index (χ3n) is 4.89. The van der Waals surface area contributed by atoms with Crippen molar-refractivity contribution in [2.45, 2.75) is 32.9 Å². The Labute approximate surface area is 161 Å². The van der Waals surface area contributed by atoms with Gasteiger partial charge in [-0.05, 0) is 62.2 Å². The van der Waals surface area contributed by atoms with Gasteiger partial charge in [0.05, 0.1) is 7.11 Å². The normalized spacial score (nSPS) is 14.6. The molecule has 0 bridgehead atoms. The number of carbonyl (C=O) groups is 1. The second-order valence-corrected chi connectivity index (χ2v) is 7.10. The molecule has 0 spiro atoms. The number of nitrogens with one attached hydrogen (secondary N) is 1. The Bertz CT molecular complexity index is 791. The van der Waals surface area contributed by atoms with Crippen LogP contribution in [-0.2, 0) is 17.9 Å². The topological polar surface area (TPSA) is 41.6 Å². The van der Waals surface area contributed by atoms with E-state index in [2.05, 4.69) is 34.5 Å². The maximum atomic E-state index is 12.1. The molecule has 0 radical (unpaired) electrons. The largest absolute Gasteiger partial charge is 0.496 e. The van der Waals surface area contributed by atoms with Crippen LogP contribution in [0.15, 0.2) is 48.5 Å². The lowest BCUT2D eigenvalue weighted by molar-refractivity contribution is -0.116. The molecule has 3 rings (SSSR count). The molecule has 2 aromatic carbocycles. The summed E-state index contributed by atoms with van der Waals surface area (Å²) in [5.41, 5.74) is 4.47. The Kier molecular flexibility index (Phi) is 6.66. The van der Waals surface area contributed by atoms with Crippen LogP contribution in [0.25, 0.3) is 6.08 Å². The SMILES string of the molecule is COc1ccc(C)cc1/C=C/C(=O)NCc1ccc(CN2CCCC2)cc1. The Morgan fingerprint density at radius 2 is 1.81 bits per heavy atom. The molecule has 1 saturated heterocycles. The standard InChI is InChI=1S/C23H28N2O2/c1-18-5-11-22(27-2)21(15-18)10-12-23(26)24-16-19-6-8-20(9-7-19)17-25-13-3-4-14-25/h5-12,15H,3-4,13-14,16-17H2,1-2H3,(H,24,26)/b12-10+. The highest BCUT2D eigenvalue weighted by atomic mass is 16.5. The molecule has 4 heteroatoms. The summed E-state index contributed by atoms with van der Waals surface area (Å²) in [6.45, 7) is 5.97. The van der Waals surface area contributed by atoms with Gasteiger partial charge in [0, 0.05) is 24.7 Å². The quantitative estimate of drug-likeness (QED) is 0.757. The molecule has 1 N–H and O–H groups in total. The minimum Gasteiger partial charge on any atom is -0.496 e. The predicted octanol–water partition coefficient (Wildman–Crippen LogP) is 3.93. The van der Waals surface area contributed by atoms with E-state index in [1.807, 2.05) is 25.1 Å². The van der Waals surface area contributed by atoms with Crippen molar-refractivity contribution >= 4 is 12.0 Å². The monoisotopic (exact) mass is 364 g/mol. The predicted molar refractivity (Wildman–Crippen MR) is 110 cm³/mol. The van der Waals surface area contributed by atoms with Crippen LogP contribution in [0.2, 0.25) is 0 Å². The first-order valence-corrected chi connectivity index (χ1v) is 9.55. The molecule has 0 aromatic heterocycles. The smallest absolute Gasteiger partial charge is 0.244 e. The third-order valence-corrected chi connectivity index (χ3v) is 4.89. The van der Waals surface area contributed by atoms with E-state index in [1.165, 1.54) is 31.5 Å². The Balaban J connectivity index is 1.50. The summed E-state index contributed by atoms with van der Waals surface area (Å²) in [7, 11) is 1.63. The molecule has 0 aliphatic carbocycles. The van der Waals surface area contributed by atoms with Gasteiger partial charge in [0.2, 0.25) is 5.91 Å². The van der Waals surface area contributed by atoms with Crippen LogP contribution < -0.4 is 10.1 Å². The van der Waals surface area contributed by atoms with Gasteiger partial charge in [-0.2, -0.15) is 0 Å². The van der Waals surface area contributed by atoms with Gasteiger partial charge in [-0.15, -0.1) is 0 Å². The molecule has 27 heavy (non-hydrogen) atoms. The number of methoxy groups -OCH3 is 1. The third kappa shape index (κ3) is 5.69. The Morgan fingerprint density at radius 3 is 2.52 bits per heavy atom. The van der Waals surface area contributed by atoms with Crippen LogP contribution in [0.4, 0.5) is 0 Å². The fourth-order valence-corrected chi connectivity index (χ4v) is 3.36. The summed E-state index contributed by atoms with van der Waals surface area (Å²) >= 11 is 0. The van der Waals surface area contributed by atoms with E-state index in [0.717, 1.165) is 29.0 Å². The average Bonchev–Trinajstić information content (AvgIpc) is 3.19. The number of aryl methyl sites for hydroxylation is 1. The lowest BCUT2D eigenvalue weighted by Crippen LogP contribution is -2.20. The van der Waals surface area contributed by atoms with E-state index in [0.29, 0.717) is 6.54 Å². The summed E-state index contributed by atoms with van der Waals surface area (Å²) < 4.78 is 5.33. The van der Waals surface area contributed by atoms with Gasteiger partial charge in [-0.1, -0.05) is 35.9 Å². The Morgan fingerprint density at radius 1 is 1.11 bits per heavy atom. The first-order valence-electron chi connectivity index (χ1n) is 9.55. The van der Waals surface area contributed by atoms with Crippen molar-refractivity contribution in [2.75, 3.05) is 20.2 Å². The van der Waals surface area contributed by atoms with E-state index in [1.54, 1.807) is 19.3 Å². The van der Waals surface area contributed by atoms with Crippen LogP contribution in [0.3, 0.4) is 0 Å². The van der Waals surface area contributed by atoms with Crippen LogP contribution >= 0.6 is 0 Å². The van der Waals surface area contributed by atoms with Crippen LogP contribution in [0.1, 0.15) is 35.1 Å². The molecule has 1 fully saturated rings. The minimum atomic E-state index is -0.111. The summed E-state index contributed by atoms with van der Waals surface area (Å²) in [5, 5.41) is 2.94. The molecule has 0 atom stereocenters. The van der Waals surface area contributed by atoms with Gasteiger partial charge in [0.25, 0.3) is 0 Å². The van der Waals surface area contributed by atoms with Crippen molar-refractivity contribution in [1.82, 2.24) is 10.2 Å². The average molecular weight is 364 g/mol. The molecule has 1 aliphatic heterocycles. The molecule has 1 amide bonds. The molecule has 1 aliphatic rings. The maximum Gasteiger partial charge on any atom is 0.244 e. The lowest BCUT2D eigenvalue weighted by atomic mass is 10.1. The fourth-order valence-electron chi connectivity index (χ4n) is 3.36. The number of carbonyl (C=O) groups excluding carboxylic acids is 1. The maximum absolute atomic E-state index is 12.1. The zero-order valence-electron chi connectivity index (χ0n) is 16.2. The number of benzene rings is 2. The van der Waals surface area contributed by atoms with E-state index >= 15 is 0 Å². The Hall–Kier alpha value is -2.59. The number of rotatable bonds is 7. The van der Waals surface area contributed by atoms with Crippen molar-refractivity contribution in [3.05, 3.63) is 70.8 Å². The molecule has 1 heterocycles. The number of hydrogen-bond donors (Lipinski definition) is 1. The van der Waals surface area contributed by atoms with Gasteiger partial charge in [-0.3, -0.25) is 9.69 Å². The van der Waals surface area contributed by atoms with Crippen molar-refractivity contribution in [3.8, 4) is 5.75 Å². The van der Waals surface area contributed by atoms with Crippen LogP contribution in [0.5, 0.6) is 5.75 Å². The van der Waals surface area contributed by atoms with Crippen molar-refractivity contribution < 1.29 is 9.53 Å². The zero-order chi connectivity index (χ0) is 19.1. The molecule has 142 valence electrons. The van der Waals surface area contributed by atoms with E-state index in [9.17, 15) is 4.79 Å². The highest BCUT2D eigenvalue weighted by molar-refractivity contribution is 5.92. The van der Waals surface area contributed by atoms with Gasteiger partial charge in [0.15, 0.2) is 0 Å². The lowest BCUT2D eigenvalue weighted by Gasteiger charge is -2.14. The summed E-state index contributed by atoms with van der Waals surface area (Å²) in [6, 6.07) is 14.4. The summed E-state index contributed by atoms with van der Waals surface area (Å²) in [6.07, 6.45) is 5.97. The number of likely N-dealkylation sites (tertiary alicyclic amines) is 1. The number of hydrogen-bond acceptors (Lipinski definition) is 3. The highest BCUT2D eigenvalue weighted by Crippen LogP contribution is 2.21. The van der Waals surface area contributed by atoms with Gasteiger partial charge >= 0.3 is 0 Å². The van der Waals surface area contributed by atoms with Crippen molar-refractivity contribution in [3.63, 3.8) is 0 Å².